The molecular weight excluding hydrogens is 238 g/mol. The Balaban J connectivity index is 2.86. The van der Waals surface area contributed by atoms with E-state index in [0.29, 0.717) is 6.54 Å². The fraction of sp³-hybridized carbons (Fsp3) is 0.455. The molecule has 0 bridgehead atoms. The van der Waals surface area contributed by atoms with Crippen LogP contribution in [-0.2, 0) is 10.0 Å². The minimum atomic E-state index is -3.54. The van der Waals surface area contributed by atoms with Gasteiger partial charge in [0.25, 0.3) is 0 Å². The van der Waals surface area contributed by atoms with Crippen molar-refractivity contribution in [3.63, 3.8) is 0 Å². The van der Waals surface area contributed by atoms with Crippen LogP contribution in [0, 0.1) is 0 Å². The van der Waals surface area contributed by atoms with Crippen LogP contribution in [-0.4, -0.2) is 40.0 Å². The molecule has 0 radical (unpaired) electrons. The van der Waals surface area contributed by atoms with Gasteiger partial charge in [0.15, 0.2) is 0 Å². The Morgan fingerprint density at radius 1 is 1.35 bits per heavy atom. The molecule has 0 spiro atoms. The predicted octanol–water partition coefficient (Wildman–Crippen LogP) is 0.497. The normalized spacial score (nSPS) is 13.9. The molecule has 96 valence electrons. The van der Waals surface area contributed by atoms with Gasteiger partial charge in [-0.2, -0.15) is 0 Å². The third-order valence-electron chi connectivity index (χ3n) is 2.20. The van der Waals surface area contributed by atoms with Gasteiger partial charge in [-0.1, -0.05) is 12.1 Å². The molecule has 6 heteroatoms. The molecule has 0 saturated heterocycles. The number of nitrogen functional groups attached to an aromatic ring is 1. The van der Waals surface area contributed by atoms with Gasteiger partial charge < -0.3 is 10.6 Å². The second-order valence-corrected chi connectivity index (χ2v) is 6.00. The highest BCUT2D eigenvalue weighted by atomic mass is 32.2. The van der Waals surface area contributed by atoms with Crippen LogP contribution in [0.2, 0.25) is 0 Å². The molecule has 0 aliphatic heterocycles. The average molecular weight is 257 g/mol. The fourth-order valence-electron chi connectivity index (χ4n) is 1.64. The second-order valence-electron chi connectivity index (χ2n) is 4.32. The summed E-state index contributed by atoms with van der Waals surface area (Å²) in [7, 11) is 0.244. The number of para-hydroxylation sites is 1. The Bertz CT molecular complexity index is 471. The van der Waals surface area contributed by atoms with Crippen molar-refractivity contribution in [3.05, 3.63) is 24.3 Å². The van der Waals surface area contributed by atoms with E-state index in [1.807, 2.05) is 25.9 Å². The van der Waals surface area contributed by atoms with E-state index in [0.717, 1.165) is 0 Å². The van der Waals surface area contributed by atoms with Gasteiger partial charge in [-0.15, -0.1) is 0 Å². The number of likely N-dealkylation sites (N-methyl/N-ethyl adjacent to an activating group) is 1. The Kier molecular flexibility index (Phi) is 4.50. The lowest BCUT2D eigenvalue weighted by Crippen LogP contribution is -2.39. The third-order valence-corrected chi connectivity index (χ3v) is 3.87. The summed E-state index contributed by atoms with van der Waals surface area (Å²) in [5.41, 5.74) is 5.92. The number of anilines is 1. The highest BCUT2D eigenvalue weighted by Crippen LogP contribution is 2.17. The summed E-state index contributed by atoms with van der Waals surface area (Å²) in [5, 5.41) is 0. The quantitative estimate of drug-likeness (QED) is 0.753. The van der Waals surface area contributed by atoms with Crippen LogP contribution >= 0.6 is 0 Å². The summed E-state index contributed by atoms with van der Waals surface area (Å²) >= 11 is 0. The molecule has 0 amide bonds. The summed E-state index contributed by atoms with van der Waals surface area (Å²) in [6.45, 7) is 2.45. The molecule has 0 aromatic heterocycles. The molecule has 5 nitrogen and oxygen atoms in total. The zero-order valence-electron chi connectivity index (χ0n) is 10.3. The average Bonchev–Trinajstić information content (AvgIpc) is 2.15. The first-order valence-corrected chi connectivity index (χ1v) is 6.83. The van der Waals surface area contributed by atoms with E-state index >= 15 is 0 Å². The summed E-state index contributed by atoms with van der Waals surface area (Å²) in [6, 6.07) is 6.26. The van der Waals surface area contributed by atoms with E-state index in [-0.39, 0.29) is 16.6 Å². The lowest BCUT2D eigenvalue weighted by Gasteiger charge is -2.18. The molecule has 0 saturated carbocycles. The number of nitrogens with two attached hydrogens (primary N) is 1. The standard InChI is InChI=1S/C11H19N3O2S/c1-9(8-14(2)3)13-17(15,16)11-7-5-4-6-10(11)12/h4-7,9,13H,8,12H2,1-3H3. The molecule has 0 fully saturated rings. The van der Waals surface area contributed by atoms with Crippen LogP contribution in [0.1, 0.15) is 6.92 Å². The first kappa shape index (κ1) is 14.0. The van der Waals surface area contributed by atoms with Crippen LogP contribution in [0.4, 0.5) is 5.69 Å². The molecule has 1 aromatic rings. The van der Waals surface area contributed by atoms with Gasteiger partial charge in [0, 0.05) is 12.6 Å². The van der Waals surface area contributed by atoms with Crippen molar-refractivity contribution in [1.82, 2.24) is 9.62 Å². The van der Waals surface area contributed by atoms with Crippen LogP contribution in [0.5, 0.6) is 0 Å². The molecule has 1 rings (SSSR count). The van der Waals surface area contributed by atoms with Crippen LogP contribution in [0.25, 0.3) is 0 Å². The highest BCUT2D eigenvalue weighted by Gasteiger charge is 2.19. The van der Waals surface area contributed by atoms with Crippen molar-refractivity contribution < 1.29 is 8.42 Å². The summed E-state index contributed by atoms with van der Waals surface area (Å²) in [4.78, 5) is 2.05. The van der Waals surface area contributed by atoms with E-state index in [1.165, 1.54) is 6.07 Å². The van der Waals surface area contributed by atoms with E-state index < -0.39 is 10.0 Å². The molecule has 0 heterocycles. The van der Waals surface area contributed by atoms with E-state index in [2.05, 4.69) is 4.72 Å². The summed E-state index contributed by atoms with van der Waals surface area (Å²) in [6.07, 6.45) is 0. The molecule has 1 atom stereocenters. The fourth-order valence-corrected chi connectivity index (χ4v) is 3.01. The lowest BCUT2D eigenvalue weighted by molar-refractivity contribution is 0.370. The summed E-state index contributed by atoms with van der Waals surface area (Å²) in [5.74, 6) is 0. The first-order valence-electron chi connectivity index (χ1n) is 5.34. The number of rotatable bonds is 5. The molecule has 0 aliphatic rings. The highest BCUT2D eigenvalue weighted by molar-refractivity contribution is 7.89. The lowest BCUT2D eigenvalue weighted by atomic mass is 10.3. The van der Waals surface area contributed by atoms with Crippen LogP contribution in [0.3, 0.4) is 0 Å². The Morgan fingerprint density at radius 3 is 2.47 bits per heavy atom. The monoisotopic (exact) mass is 257 g/mol. The minimum absolute atomic E-state index is 0.130. The smallest absolute Gasteiger partial charge is 0.242 e. The van der Waals surface area contributed by atoms with Crippen LogP contribution in [0.15, 0.2) is 29.2 Å². The van der Waals surface area contributed by atoms with Crippen molar-refractivity contribution in [1.29, 1.82) is 0 Å². The molecule has 3 N–H and O–H groups in total. The van der Waals surface area contributed by atoms with Crippen molar-refractivity contribution in [3.8, 4) is 0 Å². The zero-order valence-corrected chi connectivity index (χ0v) is 11.2. The largest absolute Gasteiger partial charge is 0.398 e. The molecular formula is C11H19N3O2S. The van der Waals surface area contributed by atoms with E-state index in [1.54, 1.807) is 18.2 Å². The number of hydrogen-bond acceptors (Lipinski definition) is 4. The number of benzene rings is 1. The van der Waals surface area contributed by atoms with Crippen molar-refractivity contribution in [2.24, 2.45) is 0 Å². The predicted molar refractivity (Wildman–Crippen MR) is 69.2 cm³/mol. The summed E-state index contributed by atoms with van der Waals surface area (Å²) < 4.78 is 26.7. The number of nitrogens with one attached hydrogen (secondary N) is 1. The molecule has 1 unspecified atom stereocenters. The number of sulfonamides is 1. The van der Waals surface area contributed by atoms with Gasteiger partial charge in [-0.05, 0) is 33.2 Å². The number of nitrogens with zero attached hydrogens (tertiary/aromatic N) is 1. The Morgan fingerprint density at radius 2 is 1.94 bits per heavy atom. The van der Waals surface area contributed by atoms with Gasteiger partial charge in [0.1, 0.15) is 4.90 Å². The molecule has 1 aromatic carbocycles. The third kappa shape index (κ3) is 3.99. The van der Waals surface area contributed by atoms with Crippen molar-refractivity contribution >= 4 is 15.7 Å². The van der Waals surface area contributed by atoms with Gasteiger partial charge in [0.05, 0.1) is 5.69 Å². The van der Waals surface area contributed by atoms with Gasteiger partial charge in [-0.3, -0.25) is 0 Å². The van der Waals surface area contributed by atoms with Gasteiger partial charge in [-0.25, -0.2) is 13.1 Å². The molecule has 17 heavy (non-hydrogen) atoms. The Labute approximate surface area is 103 Å². The van der Waals surface area contributed by atoms with Gasteiger partial charge >= 0.3 is 0 Å². The van der Waals surface area contributed by atoms with E-state index in [4.69, 9.17) is 5.73 Å². The Hall–Kier alpha value is -1.11. The van der Waals surface area contributed by atoms with Crippen molar-refractivity contribution in [2.45, 2.75) is 17.9 Å². The topological polar surface area (TPSA) is 75.4 Å². The molecule has 0 aliphatic carbocycles. The SMILES string of the molecule is CC(CN(C)C)NS(=O)(=O)c1ccccc1N. The van der Waals surface area contributed by atoms with Gasteiger partial charge in [0.2, 0.25) is 10.0 Å². The zero-order chi connectivity index (χ0) is 13.1. The maximum absolute atomic E-state index is 12.0. The van der Waals surface area contributed by atoms with Crippen LogP contribution < -0.4 is 10.5 Å². The second kappa shape index (κ2) is 5.48. The number of hydrogen-bond donors (Lipinski definition) is 2. The maximum Gasteiger partial charge on any atom is 0.242 e. The van der Waals surface area contributed by atoms with E-state index in [9.17, 15) is 8.42 Å². The first-order chi connectivity index (χ1) is 7.83. The van der Waals surface area contributed by atoms with Crippen molar-refractivity contribution in [2.75, 3.05) is 26.4 Å². The minimum Gasteiger partial charge on any atom is -0.398 e. The maximum atomic E-state index is 12.0.